The van der Waals surface area contributed by atoms with Gasteiger partial charge in [-0.2, -0.15) is 0 Å². The Bertz CT molecular complexity index is 2430. The van der Waals surface area contributed by atoms with Gasteiger partial charge in [0, 0.05) is 7.11 Å². The summed E-state index contributed by atoms with van der Waals surface area (Å²) in [6.45, 7) is 32.5. The number of benzene rings is 7. The lowest BCUT2D eigenvalue weighted by Crippen LogP contribution is -2.45. The van der Waals surface area contributed by atoms with E-state index in [-0.39, 0.29) is 10.5 Å². The fourth-order valence-electron chi connectivity index (χ4n) is 10.4. The highest BCUT2D eigenvalue weighted by Gasteiger charge is 2.36. The first-order valence-corrected chi connectivity index (χ1v) is 24.3. The standard InChI is InChI=1S/C61H69OSi/c1-38-22-16-23-39(2)55(38)49-30-20-31-50(56-40(3)24-17-25-41(56)4)53(49)36-46-34-48(60(9,10)11)35-47(59(46)63(62-15)61(12,13)14)37-54-51(57-42(5)26-18-27-43(57)6)32-21-33-52(54)58-44(7)28-19-29-45(58)8/h16-35H,36-37H2,1-15H3. The molecule has 7 aromatic carbocycles. The van der Waals surface area contributed by atoms with Gasteiger partial charge in [-0.25, -0.2) is 0 Å². The van der Waals surface area contributed by atoms with Crippen LogP contribution in [0.4, 0.5) is 0 Å². The zero-order valence-corrected chi connectivity index (χ0v) is 41.9. The number of hydrogen-bond donors (Lipinski definition) is 0. The van der Waals surface area contributed by atoms with Crippen LogP contribution < -0.4 is 5.19 Å². The van der Waals surface area contributed by atoms with Gasteiger partial charge in [-0.15, -0.1) is 0 Å². The summed E-state index contributed by atoms with van der Waals surface area (Å²) in [6.07, 6.45) is 1.57. The maximum Gasteiger partial charge on any atom is 0.252 e. The van der Waals surface area contributed by atoms with E-state index in [1.165, 1.54) is 122 Å². The summed E-state index contributed by atoms with van der Waals surface area (Å²) in [6, 6.07) is 46.1. The minimum atomic E-state index is -1.61. The molecule has 0 heterocycles. The van der Waals surface area contributed by atoms with Crippen molar-refractivity contribution in [3.8, 4) is 44.5 Å². The van der Waals surface area contributed by atoms with Crippen LogP contribution in [0.5, 0.6) is 0 Å². The van der Waals surface area contributed by atoms with Crippen molar-refractivity contribution in [2.75, 3.05) is 7.11 Å². The molecule has 1 radical (unpaired) electrons. The Balaban J connectivity index is 1.61. The molecule has 2 heteroatoms. The van der Waals surface area contributed by atoms with Crippen LogP contribution >= 0.6 is 0 Å². The molecule has 0 aliphatic carbocycles. The first-order valence-electron chi connectivity index (χ1n) is 22.9. The molecule has 0 aliphatic rings. The Labute approximate surface area is 382 Å². The average Bonchev–Trinajstić information content (AvgIpc) is 3.19. The number of rotatable bonds is 10. The van der Waals surface area contributed by atoms with E-state index in [0.29, 0.717) is 0 Å². The first-order chi connectivity index (χ1) is 29.8. The number of aryl methyl sites for hydroxylation is 8. The lowest BCUT2D eigenvalue weighted by atomic mass is 9.79. The van der Waals surface area contributed by atoms with Crippen molar-refractivity contribution in [3.63, 3.8) is 0 Å². The summed E-state index contributed by atoms with van der Waals surface area (Å²) in [4.78, 5) is 0. The Morgan fingerprint density at radius 1 is 0.397 bits per heavy atom. The highest BCUT2D eigenvalue weighted by atomic mass is 28.3. The Morgan fingerprint density at radius 2 is 0.651 bits per heavy atom. The summed E-state index contributed by atoms with van der Waals surface area (Å²) in [7, 11) is 0.355. The SMILES string of the molecule is CO[Si](c1c(Cc2c(-c3c(C)cccc3C)cccc2-c2c(C)cccc2C)cc(C(C)(C)C)cc1Cc1c(-c2c(C)cccc2C)cccc1-c1c(C)cccc1C)C(C)(C)C. The molecule has 0 fully saturated rings. The predicted molar refractivity (Wildman–Crippen MR) is 275 cm³/mol. The van der Waals surface area contributed by atoms with E-state index in [2.05, 4.69) is 218 Å². The van der Waals surface area contributed by atoms with Crippen LogP contribution in [0.2, 0.25) is 5.04 Å². The van der Waals surface area contributed by atoms with Gasteiger partial charge in [-0.3, -0.25) is 0 Å². The molecule has 7 rings (SSSR count). The molecule has 0 bridgehead atoms. The van der Waals surface area contributed by atoms with Crippen LogP contribution in [0.15, 0.2) is 121 Å². The van der Waals surface area contributed by atoms with Gasteiger partial charge < -0.3 is 4.43 Å². The molecule has 0 unspecified atom stereocenters. The van der Waals surface area contributed by atoms with Crippen LogP contribution in [-0.4, -0.2) is 16.2 Å². The highest BCUT2D eigenvalue weighted by molar-refractivity contribution is 6.71. The zero-order valence-electron chi connectivity index (χ0n) is 40.9. The molecule has 0 aliphatic heterocycles. The molecule has 1 nitrogen and oxygen atoms in total. The van der Waals surface area contributed by atoms with E-state index in [0.717, 1.165) is 12.8 Å². The second kappa shape index (κ2) is 18.1. The molecule has 0 saturated carbocycles. The van der Waals surface area contributed by atoms with E-state index < -0.39 is 9.04 Å². The van der Waals surface area contributed by atoms with Gasteiger partial charge in [0.1, 0.15) is 0 Å². The van der Waals surface area contributed by atoms with Crippen LogP contribution in [0.3, 0.4) is 0 Å². The Kier molecular flexibility index (Phi) is 13.1. The van der Waals surface area contributed by atoms with Gasteiger partial charge in [-0.05, 0) is 201 Å². The van der Waals surface area contributed by atoms with Crippen molar-refractivity contribution >= 4 is 14.2 Å². The summed E-state index contributed by atoms with van der Waals surface area (Å²) in [5.74, 6) is 0. The summed E-state index contributed by atoms with van der Waals surface area (Å²) < 4.78 is 6.90. The van der Waals surface area contributed by atoms with Crippen LogP contribution in [0.25, 0.3) is 44.5 Å². The van der Waals surface area contributed by atoms with E-state index in [4.69, 9.17) is 4.43 Å². The van der Waals surface area contributed by atoms with Crippen molar-refractivity contribution in [2.45, 2.75) is 120 Å². The topological polar surface area (TPSA) is 9.23 Å². The lowest BCUT2D eigenvalue weighted by molar-refractivity contribution is 0.402. The normalized spacial score (nSPS) is 12.1. The molecule has 0 saturated heterocycles. The fourth-order valence-corrected chi connectivity index (χ4v) is 12.9. The third-order valence-electron chi connectivity index (χ3n) is 13.4. The Morgan fingerprint density at radius 3 is 0.873 bits per heavy atom. The van der Waals surface area contributed by atoms with E-state index >= 15 is 0 Å². The van der Waals surface area contributed by atoms with Gasteiger partial charge in [0.2, 0.25) is 0 Å². The summed E-state index contributed by atoms with van der Waals surface area (Å²) >= 11 is 0. The molecule has 0 N–H and O–H groups in total. The molecular formula is C61H69OSi. The van der Waals surface area contributed by atoms with Crippen molar-refractivity contribution in [2.24, 2.45) is 0 Å². The largest absolute Gasteiger partial charge is 0.414 e. The summed E-state index contributed by atoms with van der Waals surface area (Å²) in [5, 5.41) is 1.32. The van der Waals surface area contributed by atoms with Crippen LogP contribution in [0.1, 0.15) is 114 Å². The Hall–Kier alpha value is -5.28. The molecular weight excluding hydrogens is 777 g/mol. The fraction of sp³-hybridized carbons (Fsp3) is 0.311. The molecule has 0 atom stereocenters. The third-order valence-corrected chi connectivity index (χ3v) is 16.2. The van der Waals surface area contributed by atoms with Gasteiger partial charge in [0.05, 0.1) is 0 Å². The maximum absolute atomic E-state index is 6.90. The van der Waals surface area contributed by atoms with Crippen LogP contribution in [0, 0.1) is 55.4 Å². The second-order valence-corrected chi connectivity index (χ2v) is 23.4. The molecule has 0 spiro atoms. The van der Waals surface area contributed by atoms with Gasteiger partial charge in [0.25, 0.3) is 9.04 Å². The quantitative estimate of drug-likeness (QED) is 0.125. The predicted octanol–water partition coefficient (Wildman–Crippen LogP) is 15.9. The van der Waals surface area contributed by atoms with Crippen LogP contribution in [-0.2, 0) is 22.7 Å². The highest BCUT2D eigenvalue weighted by Crippen LogP contribution is 2.43. The lowest BCUT2D eigenvalue weighted by Gasteiger charge is -2.33. The zero-order chi connectivity index (χ0) is 45.5. The van der Waals surface area contributed by atoms with E-state index in [1.807, 2.05) is 7.11 Å². The first kappa shape index (κ1) is 45.7. The molecule has 0 amide bonds. The summed E-state index contributed by atoms with van der Waals surface area (Å²) in [5.41, 5.74) is 27.8. The van der Waals surface area contributed by atoms with Crippen molar-refractivity contribution < 1.29 is 4.43 Å². The minimum absolute atomic E-state index is 0.0880. The van der Waals surface area contributed by atoms with E-state index in [9.17, 15) is 0 Å². The van der Waals surface area contributed by atoms with Gasteiger partial charge in [0.15, 0.2) is 0 Å². The van der Waals surface area contributed by atoms with Crippen molar-refractivity contribution in [1.29, 1.82) is 0 Å². The molecule has 0 aromatic heterocycles. The smallest absolute Gasteiger partial charge is 0.252 e. The number of hydrogen-bond acceptors (Lipinski definition) is 1. The minimum Gasteiger partial charge on any atom is -0.414 e. The average molecular weight is 846 g/mol. The molecule has 63 heavy (non-hydrogen) atoms. The monoisotopic (exact) mass is 846 g/mol. The van der Waals surface area contributed by atoms with Crippen molar-refractivity contribution in [3.05, 3.63) is 194 Å². The molecule has 323 valence electrons. The maximum atomic E-state index is 6.90. The van der Waals surface area contributed by atoms with Gasteiger partial charge >= 0.3 is 0 Å². The third kappa shape index (κ3) is 9.08. The van der Waals surface area contributed by atoms with E-state index in [1.54, 1.807) is 0 Å². The molecule has 7 aromatic rings. The second-order valence-electron chi connectivity index (χ2n) is 20.3. The van der Waals surface area contributed by atoms with Gasteiger partial charge in [-0.1, -0.05) is 163 Å². The van der Waals surface area contributed by atoms with Crippen molar-refractivity contribution in [1.82, 2.24) is 0 Å².